The van der Waals surface area contributed by atoms with Crippen molar-refractivity contribution >= 4 is 33.2 Å². The topological polar surface area (TPSA) is 66.4 Å². The predicted molar refractivity (Wildman–Crippen MR) is 75.0 cm³/mol. The highest BCUT2D eigenvalue weighted by atomic mass is 35.5. The molecular formula is C12H14Cl2FNO3S. The molecule has 0 bridgehead atoms. The minimum absolute atomic E-state index is 0.244. The standard InChI is InChI=1S/C12H14Cl2FNO3S/c13-7-5-6-10(11(14)12(7)15)20(18,19)16-8-3-1-2-4-9(8)17/h5-6,8-9,16-17H,1-4H2/t8-,9-/m0/s1. The highest BCUT2D eigenvalue weighted by molar-refractivity contribution is 7.89. The summed E-state index contributed by atoms with van der Waals surface area (Å²) in [5, 5.41) is 9.00. The van der Waals surface area contributed by atoms with E-state index >= 15 is 0 Å². The van der Waals surface area contributed by atoms with E-state index in [1.54, 1.807) is 0 Å². The largest absolute Gasteiger partial charge is 0.391 e. The summed E-state index contributed by atoms with van der Waals surface area (Å²) in [6.07, 6.45) is 2.02. The Bertz CT molecular complexity index is 609. The summed E-state index contributed by atoms with van der Waals surface area (Å²) in [7, 11) is -4.00. The van der Waals surface area contributed by atoms with Gasteiger partial charge in [0.1, 0.15) is 4.90 Å². The van der Waals surface area contributed by atoms with Crippen molar-refractivity contribution < 1.29 is 17.9 Å². The molecule has 1 aliphatic rings. The molecule has 2 N–H and O–H groups in total. The molecule has 0 unspecified atom stereocenters. The molecular weight excluding hydrogens is 328 g/mol. The van der Waals surface area contributed by atoms with E-state index in [4.69, 9.17) is 23.2 Å². The van der Waals surface area contributed by atoms with Crippen molar-refractivity contribution in [2.24, 2.45) is 0 Å². The first-order valence-corrected chi connectivity index (χ1v) is 8.41. The minimum atomic E-state index is -4.00. The van der Waals surface area contributed by atoms with Crippen LogP contribution in [0.25, 0.3) is 0 Å². The van der Waals surface area contributed by atoms with Gasteiger partial charge in [0.25, 0.3) is 0 Å². The van der Waals surface area contributed by atoms with Crippen molar-refractivity contribution in [2.45, 2.75) is 42.7 Å². The number of halogens is 3. The zero-order valence-electron chi connectivity index (χ0n) is 10.4. The van der Waals surface area contributed by atoms with Gasteiger partial charge in [-0.2, -0.15) is 0 Å². The zero-order chi connectivity index (χ0) is 14.9. The molecule has 1 saturated carbocycles. The summed E-state index contributed by atoms with van der Waals surface area (Å²) < 4.78 is 40.4. The normalized spacial score (nSPS) is 23.8. The molecule has 1 aliphatic carbocycles. The van der Waals surface area contributed by atoms with E-state index in [2.05, 4.69) is 4.72 Å². The van der Waals surface area contributed by atoms with Crippen molar-refractivity contribution in [3.63, 3.8) is 0 Å². The maximum absolute atomic E-state index is 13.6. The first-order chi connectivity index (χ1) is 9.33. The van der Waals surface area contributed by atoms with Gasteiger partial charge in [-0.25, -0.2) is 17.5 Å². The molecule has 0 amide bonds. The first kappa shape index (κ1) is 16.0. The smallest absolute Gasteiger partial charge is 0.242 e. The number of hydrogen-bond donors (Lipinski definition) is 2. The van der Waals surface area contributed by atoms with Crippen LogP contribution in [0.1, 0.15) is 25.7 Å². The molecule has 1 aromatic carbocycles. The average molecular weight is 342 g/mol. The third-order valence-electron chi connectivity index (χ3n) is 3.33. The van der Waals surface area contributed by atoms with E-state index in [1.165, 1.54) is 0 Å². The van der Waals surface area contributed by atoms with Crippen LogP contribution < -0.4 is 4.72 Å². The quantitative estimate of drug-likeness (QED) is 0.830. The van der Waals surface area contributed by atoms with Gasteiger partial charge in [-0.3, -0.25) is 0 Å². The predicted octanol–water partition coefficient (Wildman–Crippen LogP) is 2.71. The first-order valence-electron chi connectivity index (χ1n) is 6.17. The van der Waals surface area contributed by atoms with Crippen molar-refractivity contribution in [3.8, 4) is 0 Å². The van der Waals surface area contributed by atoms with Crippen LogP contribution in [0.5, 0.6) is 0 Å². The van der Waals surface area contributed by atoms with Gasteiger partial charge in [0.15, 0.2) is 5.82 Å². The lowest BCUT2D eigenvalue weighted by Crippen LogP contribution is -2.45. The molecule has 20 heavy (non-hydrogen) atoms. The van der Waals surface area contributed by atoms with Gasteiger partial charge in [-0.05, 0) is 25.0 Å². The lowest BCUT2D eigenvalue weighted by molar-refractivity contribution is 0.101. The second-order valence-electron chi connectivity index (χ2n) is 4.75. The van der Waals surface area contributed by atoms with Gasteiger partial charge in [0, 0.05) is 6.04 Å². The zero-order valence-corrected chi connectivity index (χ0v) is 12.8. The Hall–Kier alpha value is -0.400. The number of rotatable bonds is 3. The Morgan fingerprint density at radius 1 is 1.25 bits per heavy atom. The minimum Gasteiger partial charge on any atom is -0.391 e. The number of aliphatic hydroxyl groups excluding tert-OH is 1. The van der Waals surface area contributed by atoms with Crippen LogP contribution in [0.3, 0.4) is 0 Å². The third kappa shape index (κ3) is 3.26. The summed E-state index contributed by atoms with van der Waals surface area (Å²) in [5.41, 5.74) is 0. The van der Waals surface area contributed by atoms with Crippen molar-refractivity contribution in [1.29, 1.82) is 0 Å². The molecule has 0 aliphatic heterocycles. The number of aliphatic hydroxyl groups is 1. The van der Waals surface area contributed by atoms with Crippen LogP contribution in [0, 0.1) is 5.82 Å². The van der Waals surface area contributed by atoms with E-state index < -0.39 is 33.0 Å². The molecule has 112 valence electrons. The van der Waals surface area contributed by atoms with Crippen molar-refractivity contribution in [3.05, 3.63) is 28.0 Å². The number of nitrogens with one attached hydrogen (secondary N) is 1. The monoisotopic (exact) mass is 341 g/mol. The summed E-state index contributed by atoms with van der Waals surface area (Å²) >= 11 is 11.2. The second-order valence-corrected chi connectivity index (χ2v) is 7.22. The fraction of sp³-hybridized carbons (Fsp3) is 0.500. The molecule has 4 nitrogen and oxygen atoms in total. The Labute approximate surface area is 126 Å². The van der Waals surface area contributed by atoms with Crippen LogP contribution in [0.15, 0.2) is 17.0 Å². The van der Waals surface area contributed by atoms with Crippen molar-refractivity contribution in [1.82, 2.24) is 4.72 Å². The fourth-order valence-corrected chi connectivity index (χ4v) is 4.28. The van der Waals surface area contributed by atoms with Gasteiger partial charge in [0.2, 0.25) is 10.0 Å². The number of sulfonamides is 1. The molecule has 0 aromatic heterocycles. The maximum atomic E-state index is 13.6. The summed E-state index contributed by atoms with van der Waals surface area (Å²) in [4.78, 5) is -0.376. The van der Waals surface area contributed by atoms with E-state index in [1.807, 2.05) is 0 Å². The van der Waals surface area contributed by atoms with E-state index in [0.29, 0.717) is 12.8 Å². The van der Waals surface area contributed by atoms with Crippen LogP contribution in [-0.2, 0) is 10.0 Å². The Morgan fingerprint density at radius 2 is 1.90 bits per heavy atom. The SMILES string of the molecule is O=S(=O)(N[C@H]1CCCC[C@@H]1O)c1ccc(Cl)c(F)c1Cl. The average Bonchev–Trinajstić information content (AvgIpc) is 2.38. The maximum Gasteiger partial charge on any atom is 0.242 e. The molecule has 0 heterocycles. The summed E-state index contributed by atoms with van der Waals surface area (Å²) in [5.74, 6) is -0.972. The molecule has 1 aromatic rings. The van der Waals surface area contributed by atoms with Crippen LogP contribution in [-0.4, -0.2) is 25.7 Å². The number of benzene rings is 1. The lowest BCUT2D eigenvalue weighted by atomic mass is 9.93. The fourth-order valence-electron chi connectivity index (χ4n) is 2.23. The van der Waals surface area contributed by atoms with Crippen LogP contribution in [0.2, 0.25) is 10.0 Å². The van der Waals surface area contributed by atoms with E-state index in [0.717, 1.165) is 25.0 Å². The van der Waals surface area contributed by atoms with Crippen molar-refractivity contribution in [2.75, 3.05) is 0 Å². The molecule has 1 fully saturated rings. The van der Waals surface area contributed by atoms with Crippen LogP contribution >= 0.6 is 23.2 Å². The Kier molecular flexibility index (Phi) is 4.92. The third-order valence-corrected chi connectivity index (χ3v) is 5.63. The van der Waals surface area contributed by atoms with Gasteiger partial charge in [0.05, 0.1) is 16.1 Å². The highest BCUT2D eigenvalue weighted by Gasteiger charge is 2.30. The lowest BCUT2D eigenvalue weighted by Gasteiger charge is -2.28. The molecule has 0 radical (unpaired) electrons. The molecule has 2 rings (SSSR count). The Balaban J connectivity index is 2.29. The molecule has 0 spiro atoms. The van der Waals surface area contributed by atoms with E-state index in [9.17, 15) is 17.9 Å². The van der Waals surface area contributed by atoms with E-state index in [-0.39, 0.29) is 9.92 Å². The van der Waals surface area contributed by atoms with Gasteiger partial charge in [-0.1, -0.05) is 36.0 Å². The van der Waals surface area contributed by atoms with Gasteiger partial charge >= 0.3 is 0 Å². The van der Waals surface area contributed by atoms with Gasteiger partial charge < -0.3 is 5.11 Å². The molecule has 0 saturated heterocycles. The second kappa shape index (κ2) is 6.15. The molecule has 8 heteroatoms. The van der Waals surface area contributed by atoms with Crippen LogP contribution in [0.4, 0.5) is 4.39 Å². The van der Waals surface area contributed by atoms with Gasteiger partial charge in [-0.15, -0.1) is 0 Å². The highest BCUT2D eigenvalue weighted by Crippen LogP contribution is 2.30. The molecule has 2 atom stereocenters. The summed E-state index contributed by atoms with van der Waals surface area (Å²) in [6.45, 7) is 0. The number of hydrogen-bond acceptors (Lipinski definition) is 3. The summed E-state index contributed by atoms with van der Waals surface area (Å²) in [6, 6.07) is 1.70. The Morgan fingerprint density at radius 3 is 2.55 bits per heavy atom.